The number of hydrogen-bond acceptors (Lipinski definition) is 4. The van der Waals surface area contributed by atoms with Gasteiger partial charge < -0.3 is 10.6 Å². The molecule has 2 saturated carbocycles. The number of anilines is 1. The topological polar surface area (TPSA) is 66.9 Å². The van der Waals surface area contributed by atoms with Crippen LogP contribution in [0.5, 0.6) is 0 Å². The molecule has 2 fully saturated rings. The van der Waals surface area contributed by atoms with Crippen molar-refractivity contribution in [3.63, 3.8) is 0 Å². The Morgan fingerprint density at radius 3 is 2.55 bits per heavy atom. The van der Waals surface area contributed by atoms with Gasteiger partial charge in [0.2, 0.25) is 0 Å². The van der Waals surface area contributed by atoms with E-state index < -0.39 is 0 Å². The Morgan fingerprint density at radius 2 is 1.85 bits per heavy atom. The first-order valence-corrected chi connectivity index (χ1v) is 7.64. The Hall–Kier alpha value is -1.65. The molecule has 0 bridgehead atoms. The molecule has 5 nitrogen and oxygen atoms in total. The molecule has 2 N–H and O–H groups in total. The molecule has 0 saturated heterocycles. The van der Waals surface area contributed by atoms with E-state index in [1.807, 2.05) is 6.92 Å². The van der Waals surface area contributed by atoms with Crippen LogP contribution in [0.2, 0.25) is 0 Å². The minimum atomic E-state index is -0.0683. The predicted octanol–water partition coefficient (Wildman–Crippen LogP) is 2.42. The molecular weight excluding hydrogens is 252 g/mol. The maximum Gasteiger partial charge on any atom is 0.270 e. The van der Waals surface area contributed by atoms with E-state index in [2.05, 4.69) is 20.6 Å². The third-order valence-corrected chi connectivity index (χ3v) is 3.94. The normalized spacial score (nSPS) is 19.6. The van der Waals surface area contributed by atoms with Crippen LogP contribution < -0.4 is 10.6 Å². The van der Waals surface area contributed by atoms with Crippen LogP contribution in [-0.4, -0.2) is 28.0 Å². The third-order valence-electron chi connectivity index (χ3n) is 3.94. The summed E-state index contributed by atoms with van der Waals surface area (Å²) in [4.78, 5) is 20.9. The second kappa shape index (κ2) is 5.77. The summed E-state index contributed by atoms with van der Waals surface area (Å²) in [6.07, 6.45) is 8.25. The van der Waals surface area contributed by atoms with E-state index >= 15 is 0 Å². The summed E-state index contributed by atoms with van der Waals surface area (Å²) in [6.45, 7) is 1.83. The molecule has 5 heteroatoms. The van der Waals surface area contributed by atoms with Gasteiger partial charge in [0.25, 0.3) is 5.91 Å². The van der Waals surface area contributed by atoms with Gasteiger partial charge in [-0.25, -0.2) is 9.97 Å². The monoisotopic (exact) mass is 274 g/mol. The van der Waals surface area contributed by atoms with Crippen molar-refractivity contribution in [2.75, 3.05) is 5.32 Å². The average Bonchev–Trinajstić information content (AvgIpc) is 3.23. The van der Waals surface area contributed by atoms with Crippen molar-refractivity contribution in [1.29, 1.82) is 0 Å². The Labute approximate surface area is 119 Å². The minimum absolute atomic E-state index is 0.0683. The highest BCUT2D eigenvalue weighted by Gasteiger charge is 2.23. The van der Waals surface area contributed by atoms with E-state index in [0.29, 0.717) is 23.6 Å². The van der Waals surface area contributed by atoms with Gasteiger partial charge in [0.05, 0.1) is 0 Å². The maximum absolute atomic E-state index is 12.3. The fourth-order valence-electron chi connectivity index (χ4n) is 2.70. The Balaban J connectivity index is 1.67. The molecule has 0 unspecified atom stereocenters. The van der Waals surface area contributed by atoms with Gasteiger partial charge in [0.1, 0.15) is 17.3 Å². The second-order valence-electron chi connectivity index (χ2n) is 5.91. The quantitative estimate of drug-likeness (QED) is 0.885. The molecule has 20 heavy (non-hydrogen) atoms. The van der Waals surface area contributed by atoms with Crippen molar-refractivity contribution < 1.29 is 4.79 Å². The number of aryl methyl sites for hydroxylation is 1. The van der Waals surface area contributed by atoms with Crippen molar-refractivity contribution >= 4 is 11.7 Å². The first kappa shape index (κ1) is 13.3. The molecule has 0 aliphatic heterocycles. The van der Waals surface area contributed by atoms with Crippen LogP contribution in [0.1, 0.15) is 61.3 Å². The van der Waals surface area contributed by atoms with E-state index in [4.69, 9.17) is 0 Å². The summed E-state index contributed by atoms with van der Waals surface area (Å²) < 4.78 is 0. The van der Waals surface area contributed by atoms with Gasteiger partial charge in [0.15, 0.2) is 0 Å². The fraction of sp³-hybridized carbons (Fsp3) is 0.667. The Morgan fingerprint density at radius 1 is 1.10 bits per heavy atom. The minimum Gasteiger partial charge on any atom is -0.367 e. The Bertz CT molecular complexity index is 493. The number of aromatic nitrogens is 2. The van der Waals surface area contributed by atoms with Crippen LogP contribution in [-0.2, 0) is 0 Å². The molecule has 2 aliphatic carbocycles. The summed E-state index contributed by atoms with van der Waals surface area (Å²) in [6, 6.07) is 2.61. The highest BCUT2D eigenvalue weighted by Crippen LogP contribution is 2.24. The standard InChI is InChI=1S/C15H22N4O/c1-10-16-13(9-14(17-10)18-12-7-8-12)15(20)19-11-5-3-2-4-6-11/h9,11-12H,2-8H2,1H3,(H,19,20)(H,16,17,18). The van der Waals surface area contributed by atoms with Crippen molar-refractivity contribution in [2.45, 2.75) is 64.0 Å². The average molecular weight is 274 g/mol. The van der Waals surface area contributed by atoms with Gasteiger partial charge in [-0.1, -0.05) is 19.3 Å². The van der Waals surface area contributed by atoms with Gasteiger partial charge in [-0.3, -0.25) is 4.79 Å². The van der Waals surface area contributed by atoms with Crippen LogP contribution in [0.4, 0.5) is 5.82 Å². The molecule has 1 amide bonds. The van der Waals surface area contributed by atoms with Crippen LogP contribution in [0.15, 0.2) is 6.07 Å². The molecule has 1 heterocycles. The molecule has 0 spiro atoms. The van der Waals surface area contributed by atoms with Gasteiger partial charge in [-0.05, 0) is 32.6 Å². The lowest BCUT2D eigenvalue weighted by Gasteiger charge is -2.22. The SMILES string of the molecule is Cc1nc(NC2CC2)cc(C(=O)NC2CCCCC2)n1. The molecule has 1 aromatic rings. The summed E-state index contributed by atoms with van der Waals surface area (Å²) in [7, 11) is 0. The van der Waals surface area contributed by atoms with Gasteiger partial charge in [-0.2, -0.15) is 0 Å². The lowest BCUT2D eigenvalue weighted by molar-refractivity contribution is 0.0922. The number of hydrogen-bond donors (Lipinski definition) is 2. The van der Waals surface area contributed by atoms with Gasteiger partial charge in [0, 0.05) is 18.2 Å². The molecular formula is C15H22N4O. The number of rotatable bonds is 4. The molecule has 3 rings (SSSR count). The van der Waals surface area contributed by atoms with Crippen LogP contribution in [0.25, 0.3) is 0 Å². The van der Waals surface area contributed by atoms with Crippen molar-refractivity contribution in [2.24, 2.45) is 0 Å². The summed E-state index contributed by atoms with van der Waals surface area (Å²) in [5, 5.41) is 6.43. The molecule has 0 aromatic carbocycles. The number of carbonyl (C=O) groups is 1. The largest absolute Gasteiger partial charge is 0.367 e. The van der Waals surface area contributed by atoms with Gasteiger partial charge >= 0.3 is 0 Å². The lowest BCUT2D eigenvalue weighted by Crippen LogP contribution is -2.36. The number of amides is 1. The zero-order valence-electron chi connectivity index (χ0n) is 12.0. The molecule has 0 atom stereocenters. The lowest BCUT2D eigenvalue weighted by atomic mass is 9.95. The molecule has 2 aliphatic rings. The van der Waals surface area contributed by atoms with E-state index in [-0.39, 0.29) is 5.91 Å². The molecule has 108 valence electrons. The van der Waals surface area contributed by atoms with Crippen LogP contribution >= 0.6 is 0 Å². The molecule has 0 radical (unpaired) electrons. The van der Waals surface area contributed by atoms with Crippen molar-refractivity contribution in [3.05, 3.63) is 17.6 Å². The first-order chi connectivity index (χ1) is 9.70. The summed E-state index contributed by atoms with van der Waals surface area (Å²) in [5.74, 6) is 1.35. The fourth-order valence-corrected chi connectivity index (χ4v) is 2.70. The Kier molecular flexibility index (Phi) is 3.85. The number of nitrogens with one attached hydrogen (secondary N) is 2. The summed E-state index contributed by atoms with van der Waals surface area (Å²) in [5.41, 5.74) is 0.478. The number of carbonyl (C=O) groups excluding carboxylic acids is 1. The van der Waals surface area contributed by atoms with Crippen LogP contribution in [0, 0.1) is 6.92 Å². The van der Waals surface area contributed by atoms with E-state index in [1.54, 1.807) is 6.07 Å². The van der Waals surface area contributed by atoms with Gasteiger partial charge in [-0.15, -0.1) is 0 Å². The highest BCUT2D eigenvalue weighted by atomic mass is 16.1. The van der Waals surface area contributed by atoms with Crippen LogP contribution in [0.3, 0.4) is 0 Å². The summed E-state index contributed by atoms with van der Waals surface area (Å²) >= 11 is 0. The highest BCUT2D eigenvalue weighted by molar-refractivity contribution is 5.93. The van der Waals surface area contributed by atoms with E-state index in [1.165, 1.54) is 32.1 Å². The maximum atomic E-state index is 12.3. The van der Waals surface area contributed by atoms with Crippen molar-refractivity contribution in [1.82, 2.24) is 15.3 Å². The first-order valence-electron chi connectivity index (χ1n) is 7.64. The van der Waals surface area contributed by atoms with E-state index in [9.17, 15) is 4.79 Å². The third kappa shape index (κ3) is 3.46. The van der Waals surface area contributed by atoms with Crippen molar-refractivity contribution in [3.8, 4) is 0 Å². The second-order valence-corrected chi connectivity index (χ2v) is 5.91. The van der Waals surface area contributed by atoms with E-state index in [0.717, 1.165) is 18.7 Å². The number of nitrogens with zero attached hydrogens (tertiary/aromatic N) is 2. The zero-order chi connectivity index (χ0) is 13.9. The zero-order valence-corrected chi connectivity index (χ0v) is 12.0. The predicted molar refractivity (Wildman–Crippen MR) is 77.8 cm³/mol. The molecule has 1 aromatic heterocycles. The smallest absolute Gasteiger partial charge is 0.270 e.